The topological polar surface area (TPSA) is 63.5 Å². The van der Waals surface area contributed by atoms with Gasteiger partial charge in [0.2, 0.25) is 0 Å². The fourth-order valence-corrected chi connectivity index (χ4v) is 1.38. The van der Waals surface area contributed by atoms with Crippen molar-refractivity contribution in [2.24, 2.45) is 0 Å². The second-order valence-electron chi connectivity index (χ2n) is 3.68. The lowest BCUT2D eigenvalue weighted by molar-refractivity contribution is -0.141. The van der Waals surface area contributed by atoms with Gasteiger partial charge in [-0.2, -0.15) is 0 Å². The van der Waals surface area contributed by atoms with Gasteiger partial charge in [0.15, 0.2) is 0 Å². The highest BCUT2D eigenvalue weighted by Gasteiger charge is 2.06. The molecule has 0 bridgehead atoms. The molecule has 0 radical (unpaired) electrons. The number of ether oxygens (including phenoxy) is 1. The molecule has 1 aromatic heterocycles. The smallest absolute Gasteiger partial charge is 0.325 e. The van der Waals surface area contributed by atoms with E-state index >= 15 is 0 Å². The van der Waals surface area contributed by atoms with E-state index in [4.69, 9.17) is 5.11 Å². The van der Waals surface area contributed by atoms with E-state index in [0.29, 0.717) is 13.1 Å². The van der Waals surface area contributed by atoms with E-state index in [9.17, 15) is 4.79 Å². The van der Waals surface area contributed by atoms with Crippen molar-refractivity contribution in [3.8, 4) is 0 Å². The number of nitrogens with zero attached hydrogens (tertiary/aromatic N) is 1. The Hall–Kier alpha value is -1.33. The van der Waals surface area contributed by atoms with Crippen molar-refractivity contribution in [3.05, 3.63) is 24.0 Å². The van der Waals surface area contributed by atoms with Gasteiger partial charge in [0.1, 0.15) is 6.54 Å². The Morgan fingerprint density at radius 2 is 2.44 bits per heavy atom. The number of carbonyl (C=O) groups excluding carboxylic acids is 1. The second-order valence-corrected chi connectivity index (χ2v) is 3.68. The maximum absolute atomic E-state index is 11.1. The minimum Gasteiger partial charge on any atom is -0.468 e. The lowest BCUT2D eigenvalue weighted by Crippen LogP contribution is -2.25. The van der Waals surface area contributed by atoms with Crippen LogP contribution < -0.4 is 5.32 Å². The van der Waals surface area contributed by atoms with Crippen molar-refractivity contribution >= 4 is 5.97 Å². The van der Waals surface area contributed by atoms with Crippen molar-refractivity contribution in [2.75, 3.05) is 13.7 Å². The first-order valence-corrected chi connectivity index (χ1v) is 5.23. The van der Waals surface area contributed by atoms with Crippen LogP contribution in [0, 0.1) is 0 Å². The summed E-state index contributed by atoms with van der Waals surface area (Å²) in [6, 6.07) is 3.81. The lowest BCUT2D eigenvalue weighted by atomic mass is 10.3. The summed E-state index contributed by atoms with van der Waals surface area (Å²) >= 11 is 0. The fourth-order valence-electron chi connectivity index (χ4n) is 1.38. The predicted octanol–water partition coefficient (Wildman–Crippen LogP) is 0.132. The van der Waals surface area contributed by atoms with Gasteiger partial charge in [-0.25, -0.2) is 0 Å². The van der Waals surface area contributed by atoms with Gasteiger partial charge >= 0.3 is 5.97 Å². The van der Waals surface area contributed by atoms with Crippen LogP contribution in [-0.2, 0) is 22.6 Å². The second kappa shape index (κ2) is 6.30. The fraction of sp³-hybridized carbons (Fsp3) is 0.545. The van der Waals surface area contributed by atoms with Crippen LogP contribution in [0.3, 0.4) is 0 Å². The van der Waals surface area contributed by atoms with E-state index in [1.807, 2.05) is 22.9 Å². The van der Waals surface area contributed by atoms with E-state index in [1.54, 1.807) is 6.92 Å². The summed E-state index contributed by atoms with van der Waals surface area (Å²) in [5.41, 5.74) is 0.992. The first kappa shape index (κ1) is 12.7. The first-order valence-electron chi connectivity index (χ1n) is 5.23. The minimum atomic E-state index is -0.371. The number of aliphatic hydroxyl groups excluding tert-OH is 1. The molecule has 1 rings (SSSR count). The third-order valence-corrected chi connectivity index (χ3v) is 2.20. The number of carbonyl (C=O) groups is 1. The molecule has 1 heterocycles. The zero-order valence-corrected chi connectivity index (χ0v) is 9.64. The zero-order chi connectivity index (χ0) is 12.0. The molecule has 0 amide bonds. The highest BCUT2D eigenvalue weighted by atomic mass is 16.5. The predicted molar refractivity (Wildman–Crippen MR) is 59.8 cm³/mol. The number of methoxy groups -OCH3 is 1. The van der Waals surface area contributed by atoms with Gasteiger partial charge in [0.25, 0.3) is 0 Å². The van der Waals surface area contributed by atoms with Gasteiger partial charge in [-0.15, -0.1) is 0 Å². The third-order valence-electron chi connectivity index (χ3n) is 2.20. The van der Waals surface area contributed by atoms with E-state index in [1.165, 1.54) is 7.11 Å². The third kappa shape index (κ3) is 4.04. The molecule has 0 spiro atoms. The van der Waals surface area contributed by atoms with Gasteiger partial charge in [0, 0.05) is 25.0 Å². The largest absolute Gasteiger partial charge is 0.468 e. The molecular weight excluding hydrogens is 208 g/mol. The Balaban J connectivity index is 2.47. The average molecular weight is 226 g/mol. The Kier molecular flexibility index (Phi) is 5.01. The zero-order valence-electron chi connectivity index (χ0n) is 9.64. The van der Waals surface area contributed by atoms with Crippen molar-refractivity contribution < 1.29 is 14.6 Å². The molecule has 5 heteroatoms. The highest BCUT2D eigenvalue weighted by molar-refractivity contribution is 5.69. The monoisotopic (exact) mass is 226 g/mol. The lowest BCUT2D eigenvalue weighted by Gasteiger charge is -2.10. The van der Waals surface area contributed by atoms with Gasteiger partial charge in [-0.05, 0) is 19.1 Å². The van der Waals surface area contributed by atoms with Crippen LogP contribution in [0.1, 0.15) is 12.6 Å². The Bertz CT molecular complexity index is 334. The number of hydrogen-bond acceptors (Lipinski definition) is 4. The molecule has 1 aromatic rings. The molecule has 1 atom stereocenters. The van der Waals surface area contributed by atoms with E-state index < -0.39 is 0 Å². The average Bonchev–Trinajstić information content (AvgIpc) is 2.65. The van der Waals surface area contributed by atoms with Crippen LogP contribution >= 0.6 is 0 Å². The summed E-state index contributed by atoms with van der Waals surface area (Å²) in [5, 5.41) is 12.2. The number of aromatic nitrogens is 1. The van der Waals surface area contributed by atoms with Gasteiger partial charge in [0.05, 0.1) is 13.2 Å². The molecule has 0 saturated carbocycles. The summed E-state index contributed by atoms with van der Waals surface area (Å²) in [7, 11) is 1.37. The normalized spacial score (nSPS) is 12.4. The van der Waals surface area contributed by atoms with Gasteiger partial charge < -0.3 is 19.7 Å². The molecule has 0 aliphatic carbocycles. The van der Waals surface area contributed by atoms with Crippen molar-refractivity contribution in [2.45, 2.75) is 26.1 Å². The molecule has 5 nitrogen and oxygen atoms in total. The summed E-state index contributed by atoms with van der Waals surface area (Å²) in [5.74, 6) is -0.270. The number of aliphatic hydroxyl groups is 1. The van der Waals surface area contributed by atoms with Crippen LogP contribution in [0.2, 0.25) is 0 Å². The quantitative estimate of drug-likeness (QED) is 0.677. The van der Waals surface area contributed by atoms with Crippen LogP contribution in [0.15, 0.2) is 18.3 Å². The molecule has 0 fully saturated rings. The molecule has 0 unspecified atom stereocenters. The van der Waals surface area contributed by atoms with Gasteiger partial charge in [-0.1, -0.05) is 0 Å². The van der Waals surface area contributed by atoms with E-state index in [2.05, 4.69) is 10.1 Å². The van der Waals surface area contributed by atoms with Crippen molar-refractivity contribution in [3.63, 3.8) is 0 Å². The Labute approximate surface area is 95.0 Å². The molecule has 90 valence electrons. The van der Waals surface area contributed by atoms with Crippen molar-refractivity contribution in [1.29, 1.82) is 0 Å². The van der Waals surface area contributed by atoms with Crippen molar-refractivity contribution in [1.82, 2.24) is 9.88 Å². The molecule has 0 aliphatic heterocycles. The molecule has 0 aromatic carbocycles. The molecule has 2 N–H and O–H groups in total. The Morgan fingerprint density at radius 3 is 3.06 bits per heavy atom. The molecule has 16 heavy (non-hydrogen) atoms. The highest BCUT2D eigenvalue weighted by Crippen LogP contribution is 2.02. The molecule has 0 saturated heterocycles. The van der Waals surface area contributed by atoms with Gasteiger partial charge in [-0.3, -0.25) is 4.79 Å². The number of hydrogen-bond donors (Lipinski definition) is 2. The summed E-state index contributed by atoms with van der Waals surface area (Å²) in [6.45, 7) is 3.09. The molecular formula is C11H18N2O3. The first-order chi connectivity index (χ1) is 7.63. The summed E-state index contributed by atoms with van der Waals surface area (Å²) < 4.78 is 6.42. The summed E-state index contributed by atoms with van der Waals surface area (Å²) in [4.78, 5) is 11.1. The van der Waals surface area contributed by atoms with Crippen LogP contribution in [0.25, 0.3) is 0 Å². The van der Waals surface area contributed by atoms with Crippen LogP contribution in [-0.4, -0.2) is 35.4 Å². The van der Waals surface area contributed by atoms with Crippen LogP contribution in [0.5, 0.6) is 0 Å². The van der Waals surface area contributed by atoms with Crippen LogP contribution in [0.4, 0.5) is 0 Å². The standard InChI is InChI=1S/C11H18N2O3/c1-9(14)6-12-7-10-4-3-5-13(10)8-11(15)16-2/h3-5,9,12,14H,6-8H2,1-2H3/t9-/m0/s1. The number of rotatable bonds is 6. The minimum absolute atomic E-state index is 0.217. The maximum Gasteiger partial charge on any atom is 0.325 e. The summed E-state index contributed by atoms with van der Waals surface area (Å²) in [6.07, 6.45) is 1.46. The number of nitrogens with one attached hydrogen (secondary N) is 1. The Morgan fingerprint density at radius 1 is 1.69 bits per heavy atom. The van der Waals surface area contributed by atoms with E-state index in [-0.39, 0.29) is 18.6 Å². The SMILES string of the molecule is COC(=O)Cn1cccc1CNC[C@H](C)O. The number of esters is 1. The molecule has 0 aliphatic rings. The van der Waals surface area contributed by atoms with E-state index in [0.717, 1.165) is 5.69 Å². The maximum atomic E-state index is 11.1.